The number of esters is 1. The lowest BCUT2D eigenvalue weighted by atomic mass is 10.2. The molecule has 2 aromatic heterocycles. The van der Waals surface area contributed by atoms with Crippen molar-refractivity contribution in [3.63, 3.8) is 0 Å². The number of anilines is 1. The number of nitrogens with one attached hydrogen (secondary N) is 1. The van der Waals surface area contributed by atoms with Crippen molar-refractivity contribution in [1.29, 1.82) is 0 Å². The maximum atomic E-state index is 12.0. The van der Waals surface area contributed by atoms with Crippen LogP contribution in [0.3, 0.4) is 0 Å². The van der Waals surface area contributed by atoms with Crippen molar-refractivity contribution in [3.05, 3.63) is 40.7 Å². The molecular weight excluding hydrogens is 370 g/mol. The summed E-state index contributed by atoms with van der Waals surface area (Å²) in [5.74, 6) is 0.641. The first-order chi connectivity index (χ1) is 12.6. The minimum Gasteiger partial charge on any atom is -0.468 e. The quantitative estimate of drug-likeness (QED) is 0.618. The summed E-state index contributed by atoms with van der Waals surface area (Å²) < 4.78 is 10.3. The Labute approximate surface area is 162 Å². The predicted octanol–water partition coefficient (Wildman–Crippen LogP) is 3.20. The highest BCUT2D eigenvalue weighted by Crippen LogP contribution is 2.29. The van der Waals surface area contributed by atoms with Gasteiger partial charge in [-0.05, 0) is 36.8 Å². The summed E-state index contributed by atoms with van der Waals surface area (Å²) in [7, 11) is 1.39. The highest BCUT2D eigenvalue weighted by molar-refractivity contribution is 7.80. The van der Waals surface area contributed by atoms with E-state index in [-0.39, 0.29) is 5.97 Å². The number of ether oxygens (including phenoxy) is 1. The van der Waals surface area contributed by atoms with E-state index in [2.05, 4.69) is 22.0 Å². The van der Waals surface area contributed by atoms with Gasteiger partial charge in [0.15, 0.2) is 5.11 Å². The van der Waals surface area contributed by atoms with Gasteiger partial charge in [-0.1, -0.05) is 6.92 Å². The van der Waals surface area contributed by atoms with Crippen LogP contribution >= 0.6 is 23.6 Å². The number of furan rings is 1. The summed E-state index contributed by atoms with van der Waals surface area (Å²) in [5.41, 5.74) is 0.549. The molecule has 0 amide bonds. The molecule has 0 atom stereocenters. The second-order valence-corrected chi connectivity index (χ2v) is 7.60. The molecule has 0 aromatic carbocycles. The van der Waals surface area contributed by atoms with Gasteiger partial charge < -0.3 is 19.4 Å². The number of aryl methyl sites for hydroxylation is 1. The number of thiophene rings is 1. The van der Waals surface area contributed by atoms with Crippen molar-refractivity contribution in [3.8, 4) is 0 Å². The number of hydrogen-bond donors (Lipinski definition) is 1. The van der Waals surface area contributed by atoms with Crippen LogP contribution in [0.1, 0.15) is 27.9 Å². The van der Waals surface area contributed by atoms with Crippen molar-refractivity contribution in [2.75, 3.05) is 38.6 Å². The van der Waals surface area contributed by atoms with E-state index in [1.165, 1.54) is 7.11 Å². The van der Waals surface area contributed by atoms with Crippen LogP contribution < -0.4 is 5.32 Å². The first-order valence-corrected chi connectivity index (χ1v) is 9.85. The minimum atomic E-state index is -0.338. The Morgan fingerprint density at radius 2 is 2.15 bits per heavy atom. The van der Waals surface area contributed by atoms with Crippen LogP contribution in [0, 0.1) is 0 Å². The lowest BCUT2D eigenvalue weighted by Gasteiger charge is -2.35. The molecule has 140 valence electrons. The van der Waals surface area contributed by atoms with Crippen molar-refractivity contribution in [1.82, 2.24) is 9.80 Å². The fraction of sp³-hybridized carbons (Fsp3) is 0.444. The van der Waals surface area contributed by atoms with E-state index in [0.717, 1.165) is 54.8 Å². The molecular formula is C18H23N3O3S2. The number of carbonyl (C=O) groups excluding carboxylic acids is 1. The Hall–Kier alpha value is -1.90. The van der Waals surface area contributed by atoms with E-state index in [4.69, 9.17) is 21.4 Å². The lowest BCUT2D eigenvalue weighted by molar-refractivity contribution is 0.0602. The zero-order valence-corrected chi connectivity index (χ0v) is 16.6. The number of nitrogens with zero attached hydrogens (tertiary/aromatic N) is 2. The standard InChI is InChI=1S/C18H23N3O3S2/c1-3-14-11-15(17(22)23-2)16(26-14)19-18(25)21-8-6-20(7-9-21)12-13-5-4-10-24-13/h4-5,10-11H,3,6-9,12H2,1-2H3,(H,19,25). The number of rotatable bonds is 5. The maximum absolute atomic E-state index is 12.0. The second-order valence-electron chi connectivity index (χ2n) is 6.07. The zero-order chi connectivity index (χ0) is 18.5. The van der Waals surface area contributed by atoms with Gasteiger partial charge in [-0.15, -0.1) is 11.3 Å². The number of methoxy groups -OCH3 is 1. The largest absolute Gasteiger partial charge is 0.468 e. The van der Waals surface area contributed by atoms with Gasteiger partial charge in [-0.3, -0.25) is 4.90 Å². The van der Waals surface area contributed by atoms with Crippen molar-refractivity contribution < 1.29 is 13.9 Å². The van der Waals surface area contributed by atoms with Gasteiger partial charge in [0, 0.05) is 31.1 Å². The number of carbonyl (C=O) groups is 1. The number of thiocarbonyl (C=S) groups is 1. The monoisotopic (exact) mass is 393 g/mol. The van der Waals surface area contributed by atoms with Crippen LogP contribution in [0.2, 0.25) is 0 Å². The summed E-state index contributed by atoms with van der Waals surface area (Å²) in [6.45, 7) is 6.39. The Morgan fingerprint density at radius 1 is 1.38 bits per heavy atom. The third kappa shape index (κ3) is 4.44. The first kappa shape index (κ1) is 18.9. The van der Waals surface area contributed by atoms with E-state index in [1.807, 2.05) is 18.2 Å². The molecule has 0 spiro atoms. The number of piperazine rings is 1. The van der Waals surface area contributed by atoms with Gasteiger partial charge >= 0.3 is 5.97 Å². The molecule has 0 aliphatic carbocycles. The van der Waals surface area contributed by atoms with E-state index >= 15 is 0 Å². The van der Waals surface area contributed by atoms with Crippen LogP contribution in [0.4, 0.5) is 5.00 Å². The van der Waals surface area contributed by atoms with E-state index < -0.39 is 0 Å². The van der Waals surface area contributed by atoms with Gasteiger partial charge in [0.1, 0.15) is 10.8 Å². The van der Waals surface area contributed by atoms with Crippen LogP contribution in [0.25, 0.3) is 0 Å². The molecule has 26 heavy (non-hydrogen) atoms. The summed E-state index contributed by atoms with van der Waals surface area (Å²) in [5, 5.41) is 4.66. The highest BCUT2D eigenvalue weighted by atomic mass is 32.1. The minimum absolute atomic E-state index is 0.338. The highest BCUT2D eigenvalue weighted by Gasteiger charge is 2.22. The molecule has 3 heterocycles. The molecule has 1 N–H and O–H groups in total. The molecule has 2 aromatic rings. The van der Waals surface area contributed by atoms with Gasteiger partial charge in [0.05, 0.1) is 25.5 Å². The summed E-state index contributed by atoms with van der Waals surface area (Å²) in [6, 6.07) is 5.78. The molecule has 0 unspecified atom stereocenters. The van der Waals surface area contributed by atoms with Gasteiger partial charge in [-0.2, -0.15) is 0 Å². The second kappa shape index (κ2) is 8.66. The first-order valence-electron chi connectivity index (χ1n) is 8.62. The van der Waals surface area contributed by atoms with E-state index in [9.17, 15) is 4.79 Å². The van der Waals surface area contributed by atoms with Crippen molar-refractivity contribution >= 4 is 39.6 Å². The van der Waals surface area contributed by atoms with E-state index in [1.54, 1.807) is 17.6 Å². The predicted molar refractivity (Wildman–Crippen MR) is 107 cm³/mol. The third-order valence-corrected chi connectivity index (χ3v) is 5.93. The topological polar surface area (TPSA) is 58.0 Å². The average molecular weight is 394 g/mol. The smallest absolute Gasteiger partial charge is 0.340 e. The molecule has 1 aliphatic rings. The number of hydrogen-bond acceptors (Lipinski definition) is 6. The Morgan fingerprint density at radius 3 is 2.77 bits per heavy atom. The van der Waals surface area contributed by atoms with Crippen molar-refractivity contribution in [2.24, 2.45) is 0 Å². The fourth-order valence-electron chi connectivity index (χ4n) is 2.88. The van der Waals surface area contributed by atoms with Crippen LogP contribution in [-0.2, 0) is 17.7 Å². The normalized spacial score (nSPS) is 15.1. The van der Waals surface area contributed by atoms with Crippen LogP contribution in [-0.4, -0.2) is 54.2 Å². The molecule has 3 rings (SSSR count). The van der Waals surface area contributed by atoms with Crippen molar-refractivity contribution in [2.45, 2.75) is 19.9 Å². The molecule has 1 fully saturated rings. The fourth-order valence-corrected chi connectivity index (χ4v) is 4.21. The molecule has 1 saturated heterocycles. The SMILES string of the molecule is CCc1cc(C(=O)OC)c(NC(=S)N2CCN(Cc3ccco3)CC2)s1. The summed E-state index contributed by atoms with van der Waals surface area (Å²) >= 11 is 7.12. The van der Waals surface area contributed by atoms with Crippen LogP contribution in [0.5, 0.6) is 0 Å². The summed E-state index contributed by atoms with van der Waals surface area (Å²) in [4.78, 5) is 17.6. The maximum Gasteiger partial charge on any atom is 0.340 e. The lowest BCUT2D eigenvalue weighted by Crippen LogP contribution is -2.49. The molecule has 1 aliphatic heterocycles. The molecule has 8 heteroatoms. The molecule has 0 bridgehead atoms. The van der Waals surface area contributed by atoms with Crippen LogP contribution in [0.15, 0.2) is 28.9 Å². The third-order valence-electron chi connectivity index (χ3n) is 4.38. The zero-order valence-electron chi connectivity index (χ0n) is 15.0. The van der Waals surface area contributed by atoms with Gasteiger partial charge in [0.25, 0.3) is 0 Å². The molecule has 0 saturated carbocycles. The Balaban J connectivity index is 1.57. The van der Waals surface area contributed by atoms with Gasteiger partial charge in [0.2, 0.25) is 0 Å². The van der Waals surface area contributed by atoms with Gasteiger partial charge in [-0.25, -0.2) is 4.79 Å². The Kier molecular flexibility index (Phi) is 6.29. The average Bonchev–Trinajstić information content (AvgIpc) is 3.31. The van der Waals surface area contributed by atoms with E-state index in [0.29, 0.717) is 10.7 Å². The molecule has 6 nitrogen and oxygen atoms in total. The molecule has 0 radical (unpaired) electrons. The summed E-state index contributed by atoms with van der Waals surface area (Å²) in [6.07, 6.45) is 2.57. The Bertz CT molecular complexity index is 750.